The number of aliphatic hydroxyl groups is 4. The van der Waals surface area contributed by atoms with Crippen molar-refractivity contribution >= 4 is 11.6 Å². The van der Waals surface area contributed by atoms with Crippen molar-refractivity contribution in [3.05, 3.63) is 82.3 Å². The fourth-order valence-electron chi connectivity index (χ4n) is 3.71. The number of nitrogens with zero attached hydrogens (tertiary/aromatic N) is 2. The van der Waals surface area contributed by atoms with E-state index < -0.39 is 37.1 Å². The maximum Gasteiger partial charge on any atom is 0.123 e. The summed E-state index contributed by atoms with van der Waals surface area (Å²) < 4.78 is 18.7. The average Bonchev–Trinajstić information content (AvgIpc) is 2.80. The van der Waals surface area contributed by atoms with Crippen molar-refractivity contribution in [3.8, 4) is 11.3 Å². The van der Waals surface area contributed by atoms with Gasteiger partial charge in [0.1, 0.15) is 36.3 Å². The van der Waals surface area contributed by atoms with Crippen molar-refractivity contribution < 1.29 is 29.6 Å². The molecule has 1 aliphatic heterocycles. The van der Waals surface area contributed by atoms with E-state index in [-0.39, 0.29) is 5.82 Å². The molecule has 4 rings (SSSR count). The molecular weight excluding hydrogens is 439 g/mol. The number of benzene rings is 2. The molecule has 1 fully saturated rings. The normalized spacial score (nSPS) is 25.6. The molecule has 9 heteroatoms. The molecule has 2 heterocycles. The topological polar surface area (TPSA) is 116 Å². The van der Waals surface area contributed by atoms with Crippen LogP contribution >= 0.6 is 11.6 Å². The molecule has 1 saturated heterocycles. The zero-order valence-electron chi connectivity index (χ0n) is 16.8. The second kappa shape index (κ2) is 9.58. The third kappa shape index (κ3) is 4.66. The highest BCUT2D eigenvalue weighted by Gasteiger charge is 2.44. The van der Waals surface area contributed by atoms with Crippen LogP contribution < -0.4 is 0 Å². The molecule has 4 N–H and O–H groups in total. The highest BCUT2D eigenvalue weighted by atomic mass is 35.5. The number of ether oxygens (including phenoxy) is 1. The van der Waals surface area contributed by atoms with Crippen LogP contribution in [0.15, 0.2) is 54.6 Å². The first kappa shape index (κ1) is 22.7. The number of aliphatic hydroxyl groups excluding tert-OH is 4. The SMILES string of the molecule is OC[C@H]1O[C@@H](c2ccc(Cl)c(Cc3ccc(-c4ccc(F)cc4)nn3)c2)[C@H](O)[C@@H](O)[C@@H]1O. The molecule has 1 aromatic heterocycles. The maximum absolute atomic E-state index is 13.1. The van der Waals surface area contributed by atoms with E-state index in [0.29, 0.717) is 34.0 Å². The van der Waals surface area contributed by atoms with Gasteiger partial charge in [0.2, 0.25) is 0 Å². The molecule has 2 aromatic carbocycles. The molecule has 0 unspecified atom stereocenters. The van der Waals surface area contributed by atoms with Crippen molar-refractivity contribution in [1.82, 2.24) is 10.2 Å². The summed E-state index contributed by atoms with van der Waals surface area (Å²) in [5.74, 6) is -0.327. The standard InChI is InChI=1S/C23H22ClFN2O5/c24-17-7-3-13(23-22(31)21(30)20(29)19(11-28)32-23)9-14(17)10-16-6-8-18(27-26-16)12-1-4-15(25)5-2-12/h1-9,19-23,28-31H,10-11H2/t19-,20-,21+,22-,23+/m1/s1. The number of hydrogen-bond donors (Lipinski definition) is 4. The Labute approximate surface area is 188 Å². The molecular formula is C23H22ClFN2O5. The molecule has 1 aliphatic rings. The Morgan fingerprint density at radius 3 is 2.31 bits per heavy atom. The summed E-state index contributed by atoms with van der Waals surface area (Å²) in [4.78, 5) is 0. The van der Waals surface area contributed by atoms with Crippen molar-refractivity contribution in [2.75, 3.05) is 6.61 Å². The van der Waals surface area contributed by atoms with Crippen LogP contribution in [0.4, 0.5) is 4.39 Å². The van der Waals surface area contributed by atoms with Crippen molar-refractivity contribution in [2.24, 2.45) is 0 Å². The van der Waals surface area contributed by atoms with Crippen LogP contribution in [-0.4, -0.2) is 61.6 Å². The van der Waals surface area contributed by atoms with Gasteiger partial charge in [-0.25, -0.2) is 4.39 Å². The van der Waals surface area contributed by atoms with Crippen LogP contribution in [0.3, 0.4) is 0 Å². The van der Waals surface area contributed by atoms with E-state index in [1.165, 1.54) is 12.1 Å². The van der Waals surface area contributed by atoms with Crippen molar-refractivity contribution in [2.45, 2.75) is 36.9 Å². The van der Waals surface area contributed by atoms with Gasteiger partial charge in [-0.2, -0.15) is 10.2 Å². The molecule has 0 radical (unpaired) electrons. The molecule has 0 aliphatic carbocycles. The number of halogens is 2. The number of aromatic nitrogens is 2. The van der Waals surface area contributed by atoms with E-state index in [1.54, 1.807) is 42.5 Å². The van der Waals surface area contributed by atoms with Crippen molar-refractivity contribution in [1.29, 1.82) is 0 Å². The van der Waals surface area contributed by atoms with Gasteiger partial charge in [-0.15, -0.1) is 0 Å². The first-order chi connectivity index (χ1) is 15.4. The summed E-state index contributed by atoms with van der Waals surface area (Å²) in [6.07, 6.45) is -5.86. The minimum Gasteiger partial charge on any atom is -0.394 e. The van der Waals surface area contributed by atoms with E-state index in [1.807, 2.05) is 0 Å². The summed E-state index contributed by atoms with van der Waals surface area (Å²) in [5.41, 5.74) is 3.23. The van der Waals surface area contributed by atoms with Gasteiger partial charge >= 0.3 is 0 Å². The summed E-state index contributed by atoms with van der Waals surface area (Å²) in [6.45, 7) is -0.502. The quantitative estimate of drug-likeness (QED) is 0.460. The monoisotopic (exact) mass is 460 g/mol. The zero-order valence-corrected chi connectivity index (χ0v) is 17.6. The third-order valence-corrected chi connectivity index (χ3v) is 5.89. The molecule has 0 spiro atoms. The minimum absolute atomic E-state index is 0.327. The van der Waals surface area contributed by atoms with Gasteiger partial charge in [0, 0.05) is 17.0 Å². The van der Waals surface area contributed by atoms with Crippen LogP contribution in [0.5, 0.6) is 0 Å². The highest BCUT2D eigenvalue weighted by Crippen LogP contribution is 2.34. The largest absolute Gasteiger partial charge is 0.394 e. The van der Waals surface area contributed by atoms with Gasteiger partial charge in [-0.1, -0.05) is 23.7 Å². The van der Waals surface area contributed by atoms with Gasteiger partial charge in [0.25, 0.3) is 0 Å². The zero-order chi connectivity index (χ0) is 22.8. The Balaban J connectivity index is 1.55. The lowest BCUT2D eigenvalue weighted by Gasteiger charge is -2.40. The second-order valence-electron chi connectivity index (χ2n) is 7.69. The Kier molecular flexibility index (Phi) is 6.80. The first-order valence-corrected chi connectivity index (χ1v) is 10.4. The highest BCUT2D eigenvalue weighted by molar-refractivity contribution is 6.31. The van der Waals surface area contributed by atoms with Crippen LogP contribution in [0.25, 0.3) is 11.3 Å². The fourth-order valence-corrected chi connectivity index (χ4v) is 3.89. The molecule has 0 amide bonds. The molecule has 7 nitrogen and oxygen atoms in total. The van der Waals surface area contributed by atoms with E-state index in [2.05, 4.69) is 10.2 Å². The molecule has 3 aromatic rings. The predicted octanol–water partition coefficient (Wildman–Crippen LogP) is 2.04. The molecule has 5 atom stereocenters. The smallest absolute Gasteiger partial charge is 0.123 e. The summed E-state index contributed by atoms with van der Waals surface area (Å²) in [7, 11) is 0. The third-order valence-electron chi connectivity index (χ3n) is 5.52. The van der Waals surface area contributed by atoms with Gasteiger partial charge in [0.05, 0.1) is 18.0 Å². The van der Waals surface area contributed by atoms with Gasteiger partial charge in [-0.05, 0) is 53.6 Å². The van der Waals surface area contributed by atoms with E-state index >= 15 is 0 Å². The van der Waals surface area contributed by atoms with E-state index in [0.717, 1.165) is 5.56 Å². The first-order valence-electron chi connectivity index (χ1n) is 10.0. The lowest BCUT2D eigenvalue weighted by molar-refractivity contribution is -0.231. The Hall–Kier alpha value is -2.46. The van der Waals surface area contributed by atoms with Crippen LogP contribution in [-0.2, 0) is 11.2 Å². The lowest BCUT2D eigenvalue weighted by atomic mass is 9.90. The molecule has 168 valence electrons. The maximum atomic E-state index is 13.1. The summed E-state index contributed by atoms with van der Waals surface area (Å²) in [5, 5.41) is 48.7. The van der Waals surface area contributed by atoms with Gasteiger partial charge < -0.3 is 25.2 Å². The number of rotatable bonds is 5. The van der Waals surface area contributed by atoms with Crippen LogP contribution in [0, 0.1) is 5.82 Å². The molecule has 32 heavy (non-hydrogen) atoms. The summed E-state index contributed by atoms with van der Waals surface area (Å²) >= 11 is 6.35. The van der Waals surface area contributed by atoms with E-state index in [9.17, 15) is 24.8 Å². The fraction of sp³-hybridized carbons (Fsp3) is 0.304. The Bertz CT molecular complexity index is 1060. The Morgan fingerprint density at radius 2 is 1.66 bits per heavy atom. The van der Waals surface area contributed by atoms with Gasteiger partial charge in [0.15, 0.2) is 0 Å². The van der Waals surface area contributed by atoms with Crippen molar-refractivity contribution in [3.63, 3.8) is 0 Å². The lowest BCUT2D eigenvalue weighted by Crippen LogP contribution is -2.55. The van der Waals surface area contributed by atoms with Crippen LogP contribution in [0.1, 0.15) is 22.9 Å². The molecule has 0 saturated carbocycles. The summed E-state index contributed by atoms with van der Waals surface area (Å²) in [6, 6.07) is 14.6. The van der Waals surface area contributed by atoms with Crippen LogP contribution in [0.2, 0.25) is 5.02 Å². The molecule has 0 bridgehead atoms. The van der Waals surface area contributed by atoms with Gasteiger partial charge in [-0.3, -0.25) is 0 Å². The number of hydrogen-bond acceptors (Lipinski definition) is 7. The van der Waals surface area contributed by atoms with E-state index in [4.69, 9.17) is 16.3 Å². The average molecular weight is 461 g/mol. The Morgan fingerprint density at radius 1 is 0.906 bits per heavy atom. The minimum atomic E-state index is -1.46. The predicted molar refractivity (Wildman–Crippen MR) is 114 cm³/mol. The second-order valence-corrected chi connectivity index (χ2v) is 8.10.